The van der Waals surface area contributed by atoms with Gasteiger partial charge in [-0.3, -0.25) is 38.5 Å². The van der Waals surface area contributed by atoms with Gasteiger partial charge in [0.25, 0.3) is 0 Å². The monoisotopic (exact) mass is 571 g/mol. The van der Waals surface area contributed by atoms with Gasteiger partial charge in [-0.1, -0.05) is 19.9 Å². The molecule has 2 unspecified atom stereocenters. The number of aromatic hydroxyl groups is 1. The Morgan fingerprint density at radius 3 is 2.29 bits per heavy atom. The first-order chi connectivity index (χ1) is 19.0. The van der Waals surface area contributed by atoms with E-state index in [0.29, 0.717) is 5.56 Å². The SMILES string of the molecule is COC(=O)CCC(=O)Nc1ccc2c(c1O)C(=O)C1C(=O)[C@]3(O)C(=O)C(C(N)=O)C(=O)[C@@H](N(C)C)[C@]3(C)C[C@]1(C)C2. The summed E-state index contributed by atoms with van der Waals surface area (Å²) < 4.78 is 4.50. The van der Waals surface area contributed by atoms with Crippen molar-refractivity contribution in [2.75, 3.05) is 26.5 Å². The number of likely N-dealkylation sites (N-methyl/N-ethyl adjacent to an activating group) is 1. The molecule has 0 heterocycles. The van der Waals surface area contributed by atoms with Gasteiger partial charge in [-0.25, -0.2) is 0 Å². The van der Waals surface area contributed by atoms with E-state index in [9.17, 15) is 43.8 Å². The minimum absolute atomic E-state index is 0.0576. The van der Waals surface area contributed by atoms with Crippen LogP contribution in [0.5, 0.6) is 5.75 Å². The Morgan fingerprint density at radius 2 is 1.73 bits per heavy atom. The van der Waals surface area contributed by atoms with Crippen LogP contribution in [0.25, 0.3) is 0 Å². The Labute approximate surface area is 235 Å². The largest absolute Gasteiger partial charge is 0.505 e. The van der Waals surface area contributed by atoms with Crippen molar-refractivity contribution in [2.45, 2.75) is 51.2 Å². The lowest BCUT2D eigenvalue weighted by molar-refractivity contribution is -0.203. The fourth-order valence-electron chi connectivity index (χ4n) is 7.34. The third-order valence-electron chi connectivity index (χ3n) is 8.92. The Kier molecular flexibility index (Phi) is 7.20. The molecule has 1 aromatic rings. The van der Waals surface area contributed by atoms with Gasteiger partial charge in [-0.2, -0.15) is 0 Å². The van der Waals surface area contributed by atoms with Crippen molar-refractivity contribution in [2.24, 2.45) is 28.4 Å². The van der Waals surface area contributed by atoms with Crippen LogP contribution in [0.4, 0.5) is 5.69 Å². The van der Waals surface area contributed by atoms with Crippen molar-refractivity contribution in [1.82, 2.24) is 4.90 Å². The minimum atomic E-state index is -2.90. The number of rotatable bonds is 6. The molecule has 41 heavy (non-hydrogen) atoms. The van der Waals surface area contributed by atoms with Crippen molar-refractivity contribution in [3.63, 3.8) is 0 Å². The molecule has 3 aliphatic carbocycles. The van der Waals surface area contributed by atoms with E-state index in [1.165, 1.54) is 45.2 Å². The van der Waals surface area contributed by atoms with Crippen LogP contribution in [0.15, 0.2) is 12.1 Å². The number of nitrogens with two attached hydrogens (primary N) is 1. The van der Waals surface area contributed by atoms with Crippen LogP contribution >= 0.6 is 0 Å². The second-order valence-corrected chi connectivity index (χ2v) is 11.9. The van der Waals surface area contributed by atoms with E-state index < -0.39 is 81.0 Å². The summed E-state index contributed by atoms with van der Waals surface area (Å²) >= 11 is 0. The maximum Gasteiger partial charge on any atom is 0.306 e. The van der Waals surface area contributed by atoms with Crippen LogP contribution in [0.2, 0.25) is 0 Å². The van der Waals surface area contributed by atoms with Crippen LogP contribution < -0.4 is 11.1 Å². The second kappa shape index (κ2) is 9.84. The van der Waals surface area contributed by atoms with E-state index in [1.54, 1.807) is 6.92 Å². The maximum absolute atomic E-state index is 14.2. The quantitative estimate of drug-likeness (QED) is 0.195. The minimum Gasteiger partial charge on any atom is -0.505 e. The van der Waals surface area contributed by atoms with E-state index in [2.05, 4.69) is 10.1 Å². The fourth-order valence-corrected chi connectivity index (χ4v) is 7.34. The number of anilines is 1. The maximum atomic E-state index is 14.2. The molecule has 13 heteroatoms. The van der Waals surface area contributed by atoms with Gasteiger partial charge in [0, 0.05) is 11.8 Å². The molecule has 0 spiro atoms. The predicted octanol–water partition coefficient (Wildman–Crippen LogP) is -0.461. The molecule has 2 saturated carbocycles. The molecule has 3 aliphatic rings. The molecule has 0 aromatic heterocycles. The van der Waals surface area contributed by atoms with Gasteiger partial charge >= 0.3 is 5.97 Å². The Morgan fingerprint density at radius 1 is 1.10 bits per heavy atom. The van der Waals surface area contributed by atoms with Gasteiger partial charge in [0.1, 0.15) is 5.75 Å². The number of carbonyl (C=O) groups excluding carboxylic acids is 7. The third kappa shape index (κ3) is 4.17. The number of Topliss-reactive ketones (excluding diaryl/α,β-unsaturated/α-hetero) is 4. The summed E-state index contributed by atoms with van der Waals surface area (Å²) in [6.07, 6.45) is -0.536. The van der Waals surface area contributed by atoms with Crippen LogP contribution in [0.3, 0.4) is 0 Å². The number of methoxy groups -OCH3 is 1. The number of nitrogens with one attached hydrogen (secondary N) is 1. The van der Waals surface area contributed by atoms with Gasteiger partial charge in [-0.05, 0) is 44.0 Å². The summed E-state index contributed by atoms with van der Waals surface area (Å²) in [5, 5.41) is 25.4. The summed E-state index contributed by atoms with van der Waals surface area (Å²) in [5.41, 5.74) is -0.460. The number of hydrogen-bond donors (Lipinski definition) is 4. The van der Waals surface area contributed by atoms with Crippen molar-refractivity contribution in [1.29, 1.82) is 0 Å². The number of ether oxygens (including phenoxy) is 1. The zero-order valence-corrected chi connectivity index (χ0v) is 23.4. The number of amides is 2. The molecule has 13 nitrogen and oxygen atoms in total. The normalized spacial score (nSPS) is 32.6. The number of aliphatic hydroxyl groups is 1. The highest BCUT2D eigenvalue weighted by Gasteiger charge is 2.76. The summed E-state index contributed by atoms with van der Waals surface area (Å²) in [5.74, 6) is -11.1. The van der Waals surface area contributed by atoms with Crippen molar-refractivity contribution in [3.05, 3.63) is 23.3 Å². The third-order valence-corrected chi connectivity index (χ3v) is 8.92. The van der Waals surface area contributed by atoms with E-state index in [1.807, 2.05) is 0 Å². The highest BCUT2D eigenvalue weighted by atomic mass is 16.5. The van der Waals surface area contributed by atoms with Gasteiger partial charge in [0.05, 0.1) is 36.7 Å². The molecule has 0 radical (unpaired) electrons. The highest BCUT2D eigenvalue weighted by Crippen LogP contribution is 2.61. The van der Waals surface area contributed by atoms with Gasteiger partial charge in [0.15, 0.2) is 34.7 Å². The molecule has 5 N–H and O–H groups in total. The molecular weight excluding hydrogens is 538 g/mol. The molecule has 0 saturated heterocycles. The first-order valence-corrected chi connectivity index (χ1v) is 13.0. The lowest BCUT2D eigenvalue weighted by Gasteiger charge is -2.61. The van der Waals surface area contributed by atoms with Gasteiger partial charge in [-0.15, -0.1) is 0 Å². The number of hydrogen-bond acceptors (Lipinski definition) is 11. The number of carbonyl (C=O) groups is 7. The summed E-state index contributed by atoms with van der Waals surface area (Å²) in [6.45, 7) is 3.07. The molecule has 0 aliphatic heterocycles. The number of ketones is 4. The second-order valence-electron chi connectivity index (χ2n) is 11.9. The zero-order chi connectivity index (χ0) is 30.8. The van der Waals surface area contributed by atoms with Crippen LogP contribution in [-0.2, 0) is 39.9 Å². The van der Waals surface area contributed by atoms with Crippen LogP contribution in [-0.4, -0.2) is 88.9 Å². The van der Waals surface area contributed by atoms with E-state index in [-0.39, 0.29) is 36.9 Å². The number of esters is 1. The van der Waals surface area contributed by atoms with E-state index in [4.69, 9.17) is 5.73 Å². The standard InChI is InChI=1S/C28H33N3O10/c1-26-10-12-6-7-13(30-14(32)8-9-15(33)41-5)19(34)16(12)20(35)18(26)24(38)28(40)23(37)17(25(29)39)21(36)22(31(3)4)27(28,2)11-26/h6-7,17-18,22,34,40H,8-11H2,1-5H3,(H2,29,39)(H,30,32)/t17?,18?,22-,26+,27+,28-/m1/s1. The van der Waals surface area contributed by atoms with Crippen LogP contribution in [0.1, 0.15) is 49.0 Å². The Bertz CT molecular complexity index is 1420. The zero-order valence-electron chi connectivity index (χ0n) is 23.4. The predicted molar refractivity (Wildman–Crippen MR) is 140 cm³/mol. The number of nitrogens with zero attached hydrogens (tertiary/aromatic N) is 1. The first kappa shape index (κ1) is 30.0. The first-order valence-electron chi connectivity index (χ1n) is 13.0. The smallest absolute Gasteiger partial charge is 0.306 e. The average molecular weight is 572 g/mol. The number of primary amides is 1. The lowest BCUT2D eigenvalue weighted by Crippen LogP contribution is -2.79. The van der Waals surface area contributed by atoms with Gasteiger partial charge in [0.2, 0.25) is 11.8 Å². The van der Waals surface area contributed by atoms with Crippen molar-refractivity contribution < 1.29 is 48.5 Å². The topological polar surface area (TPSA) is 210 Å². The molecule has 2 amide bonds. The summed E-state index contributed by atoms with van der Waals surface area (Å²) in [4.78, 5) is 92.4. The van der Waals surface area contributed by atoms with E-state index in [0.717, 1.165) is 0 Å². The fraction of sp³-hybridized carbons (Fsp3) is 0.536. The summed E-state index contributed by atoms with van der Waals surface area (Å²) in [7, 11) is 4.21. The molecule has 4 rings (SSSR count). The molecule has 6 atom stereocenters. The van der Waals surface area contributed by atoms with Gasteiger partial charge < -0.3 is 26.0 Å². The van der Waals surface area contributed by atoms with E-state index >= 15 is 0 Å². The highest BCUT2D eigenvalue weighted by molar-refractivity contribution is 6.33. The molecular formula is C28H33N3O10. The lowest BCUT2D eigenvalue weighted by atomic mass is 9.42. The summed E-state index contributed by atoms with van der Waals surface area (Å²) in [6, 6.07) is 1.65. The van der Waals surface area contributed by atoms with Crippen molar-refractivity contribution >= 4 is 46.6 Å². The molecule has 220 valence electrons. The number of phenolic OH excluding ortho intramolecular Hbond substituents is 1. The molecule has 1 aromatic carbocycles. The average Bonchev–Trinajstić information content (AvgIpc) is 2.85. The Balaban J connectivity index is 1.80. The Hall–Kier alpha value is -3.97. The van der Waals surface area contributed by atoms with Crippen molar-refractivity contribution in [3.8, 4) is 5.75 Å². The number of fused-ring (bicyclic) bond motifs is 3. The molecule has 0 bridgehead atoms. The van der Waals surface area contributed by atoms with Crippen LogP contribution in [0, 0.1) is 22.7 Å². The number of benzene rings is 1. The molecule has 2 fully saturated rings. The number of phenols is 1.